The summed E-state index contributed by atoms with van der Waals surface area (Å²) >= 11 is 1.25. The summed E-state index contributed by atoms with van der Waals surface area (Å²) in [5.74, 6) is 0.188. The number of piperidine rings is 1. The second-order valence-corrected chi connectivity index (χ2v) is 8.56. The highest BCUT2D eigenvalue weighted by molar-refractivity contribution is 8.00. The standard InChI is InChI=1S/C20H26N4O3S/c1-13(15-7-4-3-5-8-15)11-17-22-23-20(27-17)28-14(2)19(26)24-10-6-9-16(12-24)18(21)25/h3-5,7-8,13-14,16H,6,9-12H2,1-2H3,(H2,21,25). The zero-order chi connectivity index (χ0) is 20.1. The fourth-order valence-electron chi connectivity index (χ4n) is 3.40. The number of nitrogens with two attached hydrogens (primary N) is 1. The van der Waals surface area contributed by atoms with Crippen molar-refractivity contribution in [2.45, 2.75) is 49.5 Å². The average molecular weight is 403 g/mol. The van der Waals surface area contributed by atoms with E-state index < -0.39 is 0 Å². The Morgan fingerprint density at radius 3 is 2.75 bits per heavy atom. The Balaban J connectivity index is 1.55. The van der Waals surface area contributed by atoms with Gasteiger partial charge >= 0.3 is 0 Å². The second-order valence-electron chi connectivity index (χ2n) is 7.26. The van der Waals surface area contributed by atoms with Gasteiger partial charge in [0.25, 0.3) is 5.22 Å². The van der Waals surface area contributed by atoms with E-state index in [0.717, 1.165) is 12.8 Å². The smallest absolute Gasteiger partial charge is 0.277 e. The van der Waals surface area contributed by atoms with Gasteiger partial charge in [-0.05, 0) is 31.2 Å². The Bertz CT molecular complexity index is 811. The predicted octanol–water partition coefficient (Wildman–Crippen LogP) is 2.62. The molecule has 28 heavy (non-hydrogen) atoms. The Morgan fingerprint density at radius 2 is 2.04 bits per heavy atom. The maximum Gasteiger partial charge on any atom is 0.277 e. The molecule has 150 valence electrons. The van der Waals surface area contributed by atoms with E-state index in [0.29, 0.717) is 30.6 Å². The predicted molar refractivity (Wildman–Crippen MR) is 107 cm³/mol. The molecule has 3 unspecified atom stereocenters. The maximum atomic E-state index is 12.7. The molecule has 1 saturated heterocycles. The van der Waals surface area contributed by atoms with Crippen LogP contribution in [0.1, 0.15) is 44.1 Å². The highest BCUT2D eigenvalue weighted by Crippen LogP contribution is 2.27. The van der Waals surface area contributed by atoms with Crippen molar-refractivity contribution in [1.29, 1.82) is 0 Å². The van der Waals surface area contributed by atoms with Crippen LogP contribution in [0.3, 0.4) is 0 Å². The number of hydrogen-bond acceptors (Lipinski definition) is 6. The molecule has 3 atom stereocenters. The molecule has 1 aromatic heterocycles. The van der Waals surface area contributed by atoms with Gasteiger partial charge in [0.15, 0.2) is 0 Å². The minimum atomic E-state index is -0.369. The highest BCUT2D eigenvalue weighted by atomic mass is 32.2. The first-order valence-corrected chi connectivity index (χ1v) is 10.4. The van der Waals surface area contributed by atoms with Crippen molar-refractivity contribution in [3.63, 3.8) is 0 Å². The maximum absolute atomic E-state index is 12.7. The third-order valence-corrected chi connectivity index (χ3v) is 5.98. The van der Waals surface area contributed by atoms with Gasteiger partial charge in [0.2, 0.25) is 17.7 Å². The van der Waals surface area contributed by atoms with Gasteiger partial charge in [0, 0.05) is 19.5 Å². The van der Waals surface area contributed by atoms with Gasteiger partial charge in [-0.25, -0.2) is 0 Å². The number of nitrogens with zero attached hydrogens (tertiary/aromatic N) is 3. The van der Waals surface area contributed by atoms with Crippen LogP contribution in [-0.2, 0) is 16.0 Å². The number of hydrogen-bond donors (Lipinski definition) is 1. The number of carbonyl (C=O) groups is 2. The van der Waals surface area contributed by atoms with Crippen LogP contribution in [0.4, 0.5) is 0 Å². The normalized spacial score (nSPS) is 19.2. The van der Waals surface area contributed by atoms with Crippen LogP contribution >= 0.6 is 11.8 Å². The van der Waals surface area contributed by atoms with E-state index in [1.165, 1.54) is 17.3 Å². The van der Waals surface area contributed by atoms with Crippen molar-refractivity contribution in [3.8, 4) is 0 Å². The number of carbonyl (C=O) groups excluding carboxylic acids is 2. The number of amides is 2. The molecule has 1 aliphatic heterocycles. The molecule has 2 amide bonds. The summed E-state index contributed by atoms with van der Waals surface area (Å²) in [5.41, 5.74) is 6.61. The molecule has 7 nitrogen and oxygen atoms in total. The van der Waals surface area contributed by atoms with Crippen molar-refractivity contribution in [2.24, 2.45) is 11.7 Å². The third-order valence-electron chi connectivity index (χ3n) is 5.06. The fraction of sp³-hybridized carbons (Fsp3) is 0.500. The molecular formula is C20H26N4O3S. The first kappa shape index (κ1) is 20.4. The van der Waals surface area contributed by atoms with Crippen molar-refractivity contribution < 1.29 is 14.0 Å². The van der Waals surface area contributed by atoms with Gasteiger partial charge in [-0.1, -0.05) is 49.0 Å². The van der Waals surface area contributed by atoms with E-state index in [9.17, 15) is 9.59 Å². The van der Waals surface area contributed by atoms with Crippen molar-refractivity contribution >= 4 is 23.6 Å². The lowest BCUT2D eigenvalue weighted by molar-refractivity contribution is -0.134. The van der Waals surface area contributed by atoms with Crippen molar-refractivity contribution in [3.05, 3.63) is 41.8 Å². The molecule has 0 aliphatic carbocycles. The molecule has 2 aromatic rings. The van der Waals surface area contributed by atoms with E-state index in [2.05, 4.69) is 29.3 Å². The summed E-state index contributed by atoms with van der Waals surface area (Å²) in [6.07, 6.45) is 2.18. The summed E-state index contributed by atoms with van der Waals surface area (Å²) < 4.78 is 5.74. The number of aromatic nitrogens is 2. The number of rotatable bonds is 7. The van der Waals surface area contributed by atoms with Gasteiger partial charge in [-0.15, -0.1) is 10.2 Å². The molecule has 0 bridgehead atoms. The van der Waals surface area contributed by atoms with Crippen LogP contribution in [0.2, 0.25) is 0 Å². The van der Waals surface area contributed by atoms with Crippen LogP contribution < -0.4 is 5.73 Å². The first-order chi connectivity index (χ1) is 13.4. The molecule has 1 aliphatic rings. The third kappa shape index (κ3) is 5.13. The van der Waals surface area contributed by atoms with Gasteiger partial charge in [0.1, 0.15) is 0 Å². The van der Waals surface area contributed by atoms with E-state index in [-0.39, 0.29) is 28.9 Å². The summed E-state index contributed by atoms with van der Waals surface area (Å²) in [4.78, 5) is 25.8. The molecule has 0 spiro atoms. The minimum absolute atomic E-state index is 0.0339. The molecule has 1 aromatic carbocycles. The molecule has 0 saturated carbocycles. The molecule has 1 fully saturated rings. The van der Waals surface area contributed by atoms with Crippen molar-refractivity contribution in [1.82, 2.24) is 15.1 Å². The van der Waals surface area contributed by atoms with E-state index in [1.807, 2.05) is 25.1 Å². The summed E-state index contributed by atoms with van der Waals surface area (Å²) in [6, 6.07) is 10.2. The average Bonchev–Trinajstić information content (AvgIpc) is 3.14. The SMILES string of the molecule is CC(Sc1nnc(CC(C)c2ccccc2)o1)C(=O)N1CCCC(C(N)=O)C1. The van der Waals surface area contributed by atoms with Gasteiger partial charge in [0.05, 0.1) is 11.2 Å². The second kappa shape index (κ2) is 9.23. The van der Waals surface area contributed by atoms with Gasteiger partial charge in [-0.3, -0.25) is 9.59 Å². The zero-order valence-corrected chi connectivity index (χ0v) is 17.0. The summed E-state index contributed by atoms with van der Waals surface area (Å²) in [5, 5.41) is 8.21. The monoisotopic (exact) mass is 402 g/mol. The van der Waals surface area contributed by atoms with Gasteiger partial charge < -0.3 is 15.1 Å². The molecule has 2 N–H and O–H groups in total. The van der Waals surface area contributed by atoms with Gasteiger partial charge in [-0.2, -0.15) is 0 Å². The quantitative estimate of drug-likeness (QED) is 0.714. The van der Waals surface area contributed by atoms with E-state index in [4.69, 9.17) is 10.2 Å². The minimum Gasteiger partial charge on any atom is -0.416 e. The molecular weight excluding hydrogens is 376 g/mol. The Hall–Kier alpha value is -2.35. The lowest BCUT2D eigenvalue weighted by Gasteiger charge is -2.32. The summed E-state index contributed by atoms with van der Waals surface area (Å²) in [6.45, 7) is 4.97. The molecule has 2 heterocycles. The zero-order valence-electron chi connectivity index (χ0n) is 16.2. The molecule has 8 heteroatoms. The van der Waals surface area contributed by atoms with Crippen LogP contribution in [0, 0.1) is 5.92 Å². The topological polar surface area (TPSA) is 102 Å². The largest absolute Gasteiger partial charge is 0.416 e. The number of primary amides is 1. The molecule has 3 rings (SSSR count). The lowest BCUT2D eigenvalue weighted by atomic mass is 9.97. The van der Waals surface area contributed by atoms with E-state index >= 15 is 0 Å². The van der Waals surface area contributed by atoms with Crippen molar-refractivity contribution in [2.75, 3.05) is 13.1 Å². The Morgan fingerprint density at radius 1 is 1.29 bits per heavy atom. The Labute approximate surface area is 169 Å². The highest BCUT2D eigenvalue weighted by Gasteiger charge is 2.30. The number of thioether (sulfide) groups is 1. The van der Waals surface area contributed by atoms with E-state index in [1.54, 1.807) is 4.90 Å². The number of benzene rings is 1. The molecule has 0 radical (unpaired) electrons. The first-order valence-electron chi connectivity index (χ1n) is 9.56. The van der Waals surface area contributed by atoms with Crippen LogP contribution in [0.15, 0.2) is 40.0 Å². The number of likely N-dealkylation sites (tertiary alicyclic amines) is 1. The van der Waals surface area contributed by atoms with Crippen LogP contribution in [0.25, 0.3) is 0 Å². The summed E-state index contributed by atoms with van der Waals surface area (Å²) in [7, 11) is 0. The fourth-order valence-corrected chi connectivity index (χ4v) is 4.18. The Kier molecular flexibility index (Phi) is 6.72. The van der Waals surface area contributed by atoms with Crippen LogP contribution in [0.5, 0.6) is 0 Å². The lowest BCUT2D eigenvalue weighted by Crippen LogP contribution is -2.46. The van der Waals surface area contributed by atoms with Crippen LogP contribution in [-0.4, -0.2) is 45.3 Å².